The highest BCUT2D eigenvalue weighted by Crippen LogP contribution is 2.21. The van der Waals surface area contributed by atoms with E-state index >= 15 is 0 Å². The van der Waals surface area contributed by atoms with Gasteiger partial charge < -0.3 is 5.32 Å². The van der Waals surface area contributed by atoms with Crippen LogP contribution in [0.3, 0.4) is 0 Å². The summed E-state index contributed by atoms with van der Waals surface area (Å²) >= 11 is 1.65. The smallest absolute Gasteiger partial charge is 0.193 e. The Kier molecular flexibility index (Phi) is 4.81. The van der Waals surface area contributed by atoms with Crippen LogP contribution in [0, 0.1) is 5.82 Å². The third-order valence-electron chi connectivity index (χ3n) is 4.55. The third-order valence-corrected chi connectivity index (χ3v) is 5.32. The lowest BCUT2D eigenvalue weighted by molar-refractivity contribution is 0.205. The Morgan fingerprint density at radius 2 is 2.24 bits per heavy atom. The second-order valence-corrected chi connectivity index (χ2v) is 7.29. The molecule has 0 spiro atoms. The Morgan fingerprint density at radius 1 is 1.28 bits per heavy atom. The minimum absolute atomic E-state index is 0.195. The van der Waals surface area contributed by atoms with E-state index in [1.807, 2.05) is 17.6 Å². The first kappa shape index (κ1) is 16.3. The van der Waals surface area contributed by atoms with Crippen molar-refractivity contribution in [1.29, 1.82) is 0 Å². The molecule has 130 valence electrons. The maximum atomic E-state index is 13.4. The molecule has 2 aromatic heterocycles. The molecule has 1 N–H and O–H groups in total. The van der Waals surface area contributed by atoms with Gasteiger partial charge in [0, 0.05) is 48.3 Å². The molecule has 1 aliphatic rings. The third kappa shape index (κ3) is 3.91. The molecule has 0 saturated carbocycles. The summed E-state index contributed by atoms with van der Waals surface area (Å²) in [6.45, 7) is 2.94. The Labute approximate surface area is 150 Å². The number of anilines is 1. The number of piperidine rings is 1. The van der Waals surface area contributed by atoms with Crippen molar-refractivity contribution in [3.8, 4) is 5.13 Å². The molecule has 25 heavy (non-hydrogen) atoms. The van der Waals surface area contributed by atoms with Crippen LogP contribution in [0.2, 0.25) is 0 Å². The number of likely N-dealkylation sites (tertiary alicyclic amines) is 1. The van der Waals surface area contributed by atoms with Crippen LogP contribution in [0.4, 0.5) is 10.1 Å². The van der Waals surface area contributed by atoms with Gasteiger partial charge in [0.1, 0.15) is 5.82 Å². The van der Waals surface area contributed by atoms with Gasteiger partial charge >= 0.3 is 0 Å². The fraction of sp³-hybridized carbons (Fsp3) is 0.316. The molecule has 3 heterocycles. The Hall–Kier alpha value is -2.18. The number of benzene rings is 1. The molecular weight excluding hydrogens is 335 g/mol. The normalized spacial score (nSPS) is 18.4. The van der Waals surface area contributed by atoms with Crippen molar-refractivity contribution in [3.05, 3.63) is 65.7 Å². The van der Waals surface area contributed by atoms with Gasteiger partial charge in [-0.25, -0.2) is 9.37 Å². The van der Waals surface area contributed by atoms with Crippen molar-refractivity contribution < 1.29 is 4.39 Å². The molecule has 0 aliphatic carbocycles. The lowest BCUT2D eigenvalue weighted by atomic mass is 10.0. The summed E-state index contributed by atoms with van der Waals surface area (Å²) in [4.78, 5) is 6.86. The lowest BCUT2D eigenvalue weighted by Gasteiger charge is -2.33. The zero-order valence-electron chi connectivity index (χ0n) is 13.9. The molecule has 1 aromatic carbocycles. The number of nitrogens with zero attached hydrogens (tertiary/aromatic N) is 3. The van der Waals surface area contributed by atoms with Crippen molar-refractivity contribution >= 4 is 17.0 Å². The summed E-state index contributed by atoms with van der Waals surface area (Å²) in [7, 11) is 0. The molecule has 0 bridgehead atoms. The quantitative estimate of drug-likeness (QED) is 0.745. The molecule has 1 unspecified atom stereocenters. The number of thiazole rings is 1. The Bertz CT molecular complexity index is 814. The maximum Gasteiger partial charge on any atom is 0.193 e. The van der Waals surface area contributed by atoms with E-state index in [1.54, 1.807) is 23.5 Å². The predicted molar refractivity (Wildman–Crippen MR) is 99.8 cm³/mol. The average molecular weight is 356 g/mol. The fourth-order valence-corrected chi connectivity index (χ4v) is 4.08. The Balaban J connectivity index is 1.41. The molecule has 1 fully saturated rings. The van der Waals surface area contributed by atoms with Crippen molar-refractivity contribution in [3.63, 3.8) is 0 Å². The largest absolute Gasteiger partial charge is 0.381 e. The van der Waals surface area contributed by atoms with Gasteiger partial charge in [0.05, 0.1) is 0 Å². The van der Waals surface area contributed by atoms with E-state index in [9.17, 15) is 4.39 Å². The van der Waals surface area contributed by atoms with Crippen LogP contribution in [-0.2, 0) is 6.54 Å². The number of hydrogen-bond acceptors (Lipinski definition) is 4. The van der Waals surface area contributed by atoms with Gasteiger partial charge in [-0.2, -0.15) is 0 Å². The van der Waals surface area contributed by atoms with E-state index in [4.69, 9.17) is 0 Å². The summed E-state index contributed by atoms with van der Waals surface area (Å²) in [6, 6.07) is 11.3. The van der Waals surface area contributed by atoms with Crippen LogP contribution in [0.1, 0.15) is 18.5 Å². The zero-order valence-corrected chi connectivity index (χ0v) is 14.8. The number of hydrogen-bond donors (Lipinski definition) is 1. The lowest BCUT2D eigenvalue weighted by Crippen LogP contribution is -2.41. The van der Waals surface area contributed by atoms with Crippen LogP contribution in [0.15, 0.2) is 54.2 Å². The van der Waals surface area contributed by atoms with Gasteiger partial charge in [-0.05, 0) is 49.7 Å². The molecule has 1 aliphatic heterocycles. The minimum Gasteiger partial charge on any atom is -0.381 e. The molecule has 1 saturated heterocycles. The predicted octanol–water partition coefficient (Wildman–Crippen LogP) is 4.15. The fourth-order valence-electron chi connectivity index (χ4n) is 3.43. The second-order valence-electron chi connectivity index (χ2n) is 6.41. The highest BCUT2D eigenvalue weighted by Gasteiger charge is 2.21. The van der Waals surface area contributed by atoms with E-state index in [2.05, 4.69) is 38.1 Å². The van der Waals surface area contributed by atoms with Crippen molar-refractivity contribution in [2.24, 2.45) is 0 Å². The zero-order chi connectivity index (χ0) is 17.1. The highest BCUT2D eigenvalue weighted by atomic mass is 32.1. The second kappa shape index (κ2) is 7.37. The minimum atomic E-state index is -0.195. The summed E-state index contributed by atoms with van der Waals surface area (Å²) < 4.78 is 15.5. The van der Waals surface area contributed by atoms with Gasteiger partial charge in [-0.15, -0.1) is 11.3 Å². The van der Waals surface area contributed by atoms with Crippen molar-refractivity contribution in [2.45, 2.75) is 25.4 Å². The molecule has 1 atom stereocenters. The Morgan fingerprint density at radius 3 is 3.08 bits per heavy atom. The van der Waals surface area contributed by atoms with E-state index in [0.717, 1.165) is 43.3 Å². The average Bonchev–Trinajstić information content (AvgIpc) is 3.26. The number of rotatable bonds is 5. The number of nitrogens with one attached hydrogen (secondary N) is 1. The first-order valence-corrected chi connectivity index (χ1v) is 9.46. The standard InChI is InChI=1S/C19H21FN4S/c20-15-4-1-5-16(12-15)22-17-6-2-9-23(13-17)14-18-7-3-10-24(18)19-21-8-11-25-19/h1,3-5,7-8,10-12,17,22H,2,6,9,13-14H2. The molecular formula is C19H21FN4S. The van der Waals surface area contributed by atoms with Gasteiger partial charge in [0.15, 0.2) is 5.13 Å². The van der Waals surface area contributed by atoms with Gasteiger partial charge in [-0.3, -0.25) is 9.47 Å². The van der Waals surface area contributed by atoms with E-state index in [-0.39, 0.29) is 5.82 Å². The highest BCUT2D eigenvalue weighted by molar-refractivity contribution is 7.12. The number of aromatic nitrogens is 2. The van der Waals surface area contributed by atoms with E-state index in [1.165, 1.54) is 11.8 Å². The summed E-state index contributed by atoms with van der Waals surface area (Å²) in [5, 5.41) is 6.48. The molecule has 6 heteroatoms. The van der Waals surface area contributed by atoms with Crippen LogP contribution in [0.25, 0.3) is 5.13 Å². The van der Waals surface area contributed by atoms with Crippen molar-refractivity contribution in [2.75, 3.05) is 18.4 Å². The van der Waals surface area contributed by atoms with Crippen LogP contribution in [-0.4, -0.2) is 33.6 Å². The molecule has 0 radical (unpaired) electrons. The van der Waals surface area contributed by atoms with E-state index < -0.39 is 0 Å². The maximum absolute atomic E-state index is 13.4. The summed E-state index contributed by atoms with van der Waals surface area (Å²) in [6.07, 6.45) is 6.16. The topological polar surface area (TPSA) is 33.1 Å². The molecule has 4 rings (SSSR count). The van der Waals surface area contributed by atoms with Gasteiger partial charge in [-0.1, -0.05) is 6.07 Å². The first-order chi connectivity index (χ1) is 12.3. The van der Waals surface area contributed by atoms with Crippen molar-refractivity contribution in [1.82, 2.24) is 14.5 Å². The van der Waals surface area contributed by atoms with E-state index in [0.29, 0.717) is 6.04 Å². The van der Waals surface area contributed by atoms with Gasteiger partial charge in [0.2, 0.25) is 0 Å². The van der Waals surface area contributed by atoms with Crippen LogP contribution >= 0.6 is 11.3 Å². The van der Waals surface area contributed by atoms with Gasteiger partial charge in [0.25, 0.3) is 0 Å². The summed E-state index contributed by atoms with van der Waals surface area (Å²) in [5.74, 6) is -0.195. The SMILES string of the molecule is Fc1cccc(NC2CCCN(Cc3cccn3-c3nccs3)C2)c1. The number of halogens is 1. The first-order valence-electron chi connectivity index (χ1n) is 8.58. The molecule has 4 nitrogen and oxygen atoms in total. The molecule has 0 amide bonds. The monoisotopic (exact) mass is 356 g/mol. The molecule has 3 aromatic rings. The van der Waals surface area contributed by atoms with Crippen LogP contribution < -0.4 is 5.32 Å². The summed E-state index contributed by atoms with van der Waals surface area (Å²) in [5.41, 5.74) is 2.11. The van der Waals surface area contributed by atoms with Crippen LogP contribution in [0.5, 0.6) is 0 Å².